The Morgan fingerprint density at radius 1 is 1.30 bits per heavy atom. The number of likely N-dealkylation sites (tertiary alicyclic amines) is 1. The number of hydrogen-bond donors (Lipinski definition) is 1. The molecule has 1 aliphatic heterocycles. The standard InChI is InChI=1S/C17H29N5O/c1-2-22-16(19-13-20-22)12-21-9-8-14(11-21)10-18-17(23)15-6-4-3-5-7-15/h13-15H,2-12H2,1H3,(H,18,23). The molecule has 0 bridgehead atoms. The van der Waals surface area contributed by atoms with Crippen molar-refractivity contribution in [3.05, 3.63) is 12.2 Å². The van der Waals surface area contributed by atoms with Gasteiger partial charge in [0.05, 0.1) is 6.54 Å². The van der Waals surface area contributed by atoms with Crippen molar-refractivity contribution in [3.63, 3.8) is 0 Å². The molecule has 1 saturated carbocycles. The summed E-state index contributed by atoms with van der Waals surface area (Å²) in [7, 11) is 0. The molecule has 128 valence electrons. The van der Waals surface area contributed by atoms with Crippen LogP contribution in [0.15, 0.2) is 6.33 Å². The number of aromatic nitrogens is 3. The van der Waals surface area contributed by atoms with Crippen LogP contribution in [0.4, 0.5) is 0 Å². The van der Waals surface area contributed by atoms with Crippen LogP contribution >= 0.6 is 0 Å². The maximum absolute atomic E-state index is 12.2. The quantitative estimate of drug-likeness (QED) is 0.869. The molecule has 1 atom stereocenters. The number of carbonyl (C=O) groups is 1. The van der Waals surface area contributed by atoms with Crippen LogP contribution in [0.25, 0.3) is 0 Å². The van der Waals surface area contributed by atoms with Gasteiger partial charge >= 0.3 is 0 Å². The molecule has 6 heteroatoms. The monoisotopic (exact) mass is 319 g/mol. The predicted octanol–water partition coefficient (Wildman–Crippen LogP) is 1.82. The number of nitrogens with zero attached hydrogens (tertiary/aromatic N) is 4. The summed E-state index contributed by atoms with van der Waals surface area (Å²) in [6.07, 6.45) is 8.68. The number of rotatable bonds is 6. The lowest BCUT2D eigenvalue weighted by molar-refractivity contribution is -0.126. The van der Waals surface area contributed by atoms with E-state index < -0.39 is 0 Å². The van der Waals surface area contributed by atoms with Gasteiger partial charge in [-0.1, -0.05) is 19.3 Å². The molecule has 23 heavy (non-hydrogen) atoms. The Hall–Kier alpha value is -1.43. The van der Waals surface area contributed by atoms with Gasteiger partial charge in [-0.2, -0.15) is 5.10 Å². The molecule has 2 aliphatic rings. The van der Waals surface area contributed by atoms with Crippen LogP contribution in [0, 0.1) is 11.8 Å². The van der Waals surface area contributed by atoms with Gasteiger partial charge in [0.25, 0.3) is 0 Å². The zero-order chi connectivity index (χ0) is 16.1. The summed E-state index contributed by atoms with van der Waals surface area (Å²) in [5.74, 6) is 2.16. The third kappa shape index (κ3) is 4.31. The number of amides is 1. The van der Waals surface area contributed by atoms with Crippen molar-refractivity contribution in [3.8, 4) is 0 Å². The van der Waals surface area contributed by atoms with E-state index in [0.717, 1.165) is 57.8 Å². The van der Waals surface area contributed by atoms with E-state index in [1.807, 2.05) is 4.68 Å². The van der Waals surface area contributed by atoms with Gasteiger partial charge in [-0.25, -0.2) is 9.67 Å². The molecule has 2 heterocycles. The molecule has 1 saturated heterocycles. The predicted molar refractivity (Wildman–Crippen MR) is 88.7 cm³/mol. The highest BCUT2D eigenvalue weighted by molar-refractivity contribution is 5.78. The lowest BCUT2D eigenvalue weighted by Crippen LogP contribution is -2.36. The second kappa shape index (κ2) is 7.90. The first-order chi connectivity index (χ1) is 11.3. The number of aryl methyl sites for hydroxylation is 1. The van der Waals surface area contributed by atoms with Crippen LogP contribution in [-0.2, 0) is 17.9 Å². The average Bonchev–Trinajstić information content (AvgIpc) is 3.23. The minimum absolute atomic E-state index is 0.268. The first-order valence-electron chi connectivity index (χ1n) is 9.13. The second-order valence-electron chi connectivity index (χ2n) is 6.96. The Labute approximate surface area is 138 Å². The van der Waals surface area contributed by atoms with Crippen LogP contribution in [0.3, 0.4) is 0 Å². The zero-order valence-electron chi connectivity index (χ0n) is 14.2. The number of hydrogen-bond acceptors (Lipinski definition) is 4. The van der Waals surface area contributed by atoms with Crippen molar-refractivity contribution in [1.29, 1.82) is 0 Å². The van der Waals surface area contributed by atoms with Crippen molar-refractivity contribution in [1.82, 2.24) is 25.0 Å². The fraction of sp³-hybridized carbons (Fsp3) is 0.824. The van der Waals surface area contributed by atoms with Crippen molar-refractivity contribution in [2.75, 3.05) is 19.6 Å². The van der Waals surface area contributed by atoms with Crippen LogP contribution in [0.1, 0.15) is 51.3 Å². The van der Waals surface area contributed by atoms with E-state index in [4.69, 9.17) is 0 Å². The molecule has 0 spiro atoms. The van der Waals surface area contributed by atoms with Crippen LogP contribution < -0.4 is 5.32 Å². The summed E-state index contributed by atoms with van der Waals surface area (Å²) in [5.41, 5.74) is 0. The van der Waals surface area contributed by atoms with E-state index in [2.05, 4.69) is 27.2 Å². The van der Waals surface area contributed by atoms with Gasteiger partial charge in [-0.15, -0.1) is 0 Å². The summed E-state index contributed by atoms with van der Waals surface area (Å²) < 4.78 is 1.96. The molecule has 0 radical (unpaired) electrons. The fourth-order valence-corrected chi connectivity index (χ4v) is 3.85. The van der Waals surface area contributed by atoms with Gasteiger partial charge < -0.3 is 5.32 Å². The van der Waals surface area contributed by atoms with Gasteiger partial charge in [0.2, 0.25) is 5.91 Å². The molecule has 0 aromatic carbocycles. The molecule has 1 amide bonds. The molecule has 1 aromatic rings. The van der Waals surface area contributed by atoms with Crippen LogP contribution in [0.5, 0.6) is 0 Å². The van der Waals surface area contributed by atoms with Gasteiger partial charge in [-0.3, -0.25) is 9.69 Å². The summed E-state index contributed by atoms with van der Waals surface area (Å²) in [5, 5.41) is 7.43. The van der Waals surface area contributed by atoms with E-state index in [0.29, 0.717) is 5.92 Å². The lowest BCUT2D eigenvalue weighted by Gasteiger charge is -2.22. The molecule has 3 rings (SSSR count). The van der Waals surface area contributed by atoms with Gasteiger partial charge in [0.1, 0.15) is 12.2 Å². The topological polar surface area (TPSA) is 63.1 Å². The van der Waals surface area contributed by atoms with Crippen LogP contribution in [-0.4, -0.2) is 45.2 Å². The SMILES string of the molecule is CCn1ncnc1CN1CCC(CNC(=O)C2CCCCC2)C1. The minimum atomic E-state index is 0.268. The molecule has 1 aromatic heterocycles. The van der Waals surface area contributed by atoms with Gasteiger partial charge in [-0.05, 0) is 38.6 Å². The third-order valence-corrected chi connectivity index (χ3v) is 5.27. The molecule has 1 aliphatic carbocycles. The molecule has 2 fully saturated rings. The normalized spacial score (nSPS) is 23.3. The maximum atomic E-state index is 12.2. The van der Waals surface area contributed by atoms with Crippen LogP contribution in [0.2, 0.25) is 0 Å². The highest BCUT2D eigenvalue weighted by atomic mass is 16.1. The molecule has 1 unspecified atom stereocenters. The van der Waals surface area contributed by atoms with E-state index in [1.165, 1.54) is 19.3 Å². The Bertz CT molecular complexity index is 509. The van der Waals surface area contributed by atoms with Crippen molar-refractivity contribution < 1.29 is 4.79 Å². The number of carbonyl (C=O) groups excluding carboxylic acids is 1. The second-order valence-corrected chi connectivity index (χ2v) is 6.96. The Morgan fingerprint density at radius 3 is 2.91 bits per heavy atom. The average molecular weight is 319 g/mol. The van der Waals surface area contributed by atoms with E-state index >= 15 is 0 Å². The largest absolute Gasteiger partial charge is 0.356 e. The molecule has 6 nitrogen and oxygen atoms in total. The van der Waals surface area contributed by atoms with Gasteiger partial charge in [0, 0.05) is 25.6 Å². The fourth-order valence-electron chi connectivity index (χ4n) is 3.85. The molecular weight excluding hydrogens is 290 g/mol. The molecule has 1 N–H and O–H groups in total. The summed E-state index contributed by atoms with van der Waals surface area (Å²) >= 11 is 0. The van der Waals surface area contributed by atoms with Crippen molar-refractivity contribution in [2.24, 2.45) is 11.8 Å². The van der Waals surface area contributed by atoms with E-state index in [-0.39, 0.29) is 11.8 Å². The number of nitrogens with one attached hydrogen (secondary N) is 1. The Kier molecular flexibility index (Phi) is 5.65. The zero-order valence-corrected chi connectivity index (χ0v) is 14.2. The van der Waals surface area contributed by atoms with E-state index in [1.54, 1.807) is 6.33 Å². The summed E-state index contributed by atoms with van der Waals surface area (Å²) in [6.45, 7) is 6.77. The Balaban J connectivity index is 1.40. The molecular formula is C17H29N5O. The first kappa shape index (κ1) is 16.4. The maximum Gasteiger partial charge on any atom is 0.223 e. The smallest absolute Gasteiger partial charge is 0.223 e. The minimum Gasteiger partial charge on any atom is -0.356 e. The van der Waals surface area contributed by atoms with Gasteiger partial charge in [0.15, 0.2) is 0 Å². The summed E-state index contributed by atoms with van der Waals surface area (Å²) in [6, 6.07) is 0. The lowest BCUT2D eigenvalue weighted by atomic mass is 9.88. The van der Waals surface area contributed by atoms with E-state index in [9.17, 15) is 4.79 Å². The Morgan fingerprint density at radius 2 is 2.13 bits per heavy atom. The third-order valence-electron chi connectivity index (χ3n) is 5.27. The van der Waals surface area contributed by atoms with Crippen molar-refractivity contribution in [2.45, 2.75) is 58.5 Å². The highest BCUT2D eigenvalue weighted by Crippen LogP contribution is 2.24. The summed E-state index contributed by atoms with van der Waals surface area (Å²) in [4.78, 5) is 19.0. The van der Waals surface area contributed by atoms with Crippen molar-refractivity contribution >= 4 is 5.91 Å². The highest BCUT2D eigenvalue weighted by Gasteiger charge is 2.26. The first-order valence-corrected chi connectivity index (χ1v) is 9.13.